The molecule has 1 rings (SSSR count). The number of carboxylic acid groups (broad SMARTS) is 1. The second kappa shape index (κ2) is 4.75. The van der Waals surface area contributed by atoms with Crippen molar-refractivity contribution in [3.8, 4) is 0 Å². The smallest absolute Gasteiger partial charge is 0.303 e. The fourth-order valence-corrected chi connectivity index (χ4v) is 2.87. The lowest BCUT2D eigenvalue weighted by Gasteiger charge is -2.26. The summed E-state index contributed by atoms with van der Waals surface area (Å²) in [5, 5.41) is 8.61. The minimum atomic E-state index is -0.652. The maximum absolute atomic E-state index is 10.4. The van der Waals surface area contributed by atoms with Gasteiger partial charge in [0.05, 0.1) is 0 Å². The van der Waals surface area contributed by atoms with E-state index in [9.17, 15) is 4.79 Å². The molecule has 12 heavy (non-hydrogen) atoms. The average Bonchev–Trinajstić information content (AvgIpc) is 2.05. The van der Waals surface area contributed by atoms with Crippen molar-refractivity contribution in [2.45, 2.75) is 26.2 Å². The van der Waals surface area contributed by atoms with Crippen LogP contribution in [0, 0.1) is 11.8 Å². The van der Waals surface area contributed by atoms with E-state index in [2.05, 4.69) is 6.92 Å². The van der Waals surface area contributed by atoms with Crippen molar-refractivity contribution in [2.24, 2.45) is 11.8 Å². The second-order valence-corrected chi connectivity index (χ2v) is 4.75. The van der Waals surface area contributed by atoms with Gasteiger partial charge in [-0.25, -0.2) is 0 Å². The maximum Gasteiger partial charge on any atom is 0.303 e. The van der Waals surface area contributed by atoms with Crippen LogP contribution >= 0.6 is 11.8 Å². The van der Waals surface area contributed by atoms with Crippen molar-refractivity contribution >= 4 is 17.7 Å². The molecule has 0 spiro atoms. The Labute approximate surface area is 77.7 Å². The molecule has 1 N–H and O–H groups in total. The highest BCUT2D eigenvalue weighted by atomic mass is 32.2. The zero-order valence-corrected chi connectivity index (χ0v) is 8.27. The number of thioether (sulfide) groups is 1. The van der Waals surface area contributed by atoms with E-state index in [1.165, 1.54) is 24.3 Å². The molecule has 0 bridgehead atoms. The van der Waals surface area contributed by atoms with E-state index in [-0.39, 0.29) is 0 Å². The van der Waals surface area contributed by atoms with Gasteiger partial charge >= 0.3 is 5.97 Å². The SMILES string of the molecule is CC(CC(=O)O)C1CCSCC1. The van der Waals surface area contributed by atoms with E-state index in [4.69, 9.17) is 5.11 Å². The summed E-state index contributed by atoms with van der Waals surface area (Å²) in [7, 11) is 0. The van der Waals surface area contributed by atoms with Crippen LogP contribution in [-0.2, 0) is 4.79 Å². The van der Waals surface area contributed by atoms with Gasteiger partial charge in [-0.3, -0.25) is 4.79 Å². The highest BCUT2D eigenvalue weighted by Crippen LogP contribution is 2.30. The lowest BCUT2D eigenvalue weighted by atomic mass is 9.87. The Hall–Kier alpha value is -0.180. The molecule has 1 fully saturated rings. The van der Waals surface area contributed by atoms with Crippen LogP contribution in [0.1, 0.15) is 26.2 Å². The van der Waals surface area contributed by atoms with Gasteiger partial charge in [-0.15, -0.1) is 0 Å². The second-order valence-electron chi connectivity index (χ2n) is 3.52. The first kappa shape index (κ1) is 9.90. The summed E-state index contributed by atoms with van der Waals surface area (Å²) in [6, 6.07) is 0. The highest BCUT2D eigenvalue weighted by molar-refractivity contribution is 7.99. The molecule has 0 amide bonds. The van der Waals surface area contributed by atoms with Crippen LogP contribution in [0.2, 0.25) is 0 Å². The van der Waals surface area contributed by atoms with Crippen LogP contribution in [-0.4, -0.2) is 22.6 Å². The minimum Gasteiger partial charge on any atom is -0.481 e. The van der Waals surface area contributed by atoms with Crippen molar-refractivity contribution in [1.29, 1.82) is 0 Å². The number of aliphatic carboxylic acids is 1. The van der Waals surface area contributed by atoms with Crippen LogP contribution in [0.25, 0.3) is 0 Å². The van der Waals surface area contributed by atoms with Gasteiger partial charge in [-0.1, -0.05) is 6.92 Å². The lowest BCUT2D eigenvalue weighted by Crippen LogP contribution is -2.20. The van der Waals surface area contributed by atoms with E-state index in [0.717, 1.165) is 0 Å². The van der Waals surface area contributed by atoms with Crippen LogP contribution in [0.5, 0.6) is 0 Å². The molecule has 1 atom stereocenters. The standard InChI is InChI=1S/C9H16O2S/c1-7(6-9(10)11)8-2-4-12-5-3-8/h7-8H,2-6H2,1H3,(H,10,11). The Kier molecular flexibility index (Phi) is 3.92. The molecule has 0 radical (unpaired) electrons. The van der Waals surface area contributed by atoms with Crippen LogP contribution in [0.4, 0.5) is 0 Å². The van der Waals surface area contributed by atoms with Crippen molar-refractivity contribution in [2.75, 3.05) is 11.5 Å². The van der Waals surface area contributed by atoms with E-state index in [0.29, 0.717) is 18.3 Å². The lowest BCUT2D eigenvalue weighted by molar-refractivity contribution is -0.138. The number of rotatable bonds is 3. The molecule has 1 unspecified atom stereocenters. The normalized spacial score (nSPS) is 22.1. The van der Waals surface area contributed by atoms with Gasteiger partial charge in [-0.05, 0) is 36.2 Å². The van der Waals surface area contributed by atoms with E-state index >= 15 is 0 Å². The zero-order chi connectivity index (χ0) is 8.97. The Balaban J connectivity index is 2.29. The Morgan fingerprint density at radius 1 is 1.58 bits per heavy atom. The van der Waals surface area contributed by atoms with E-state index in [1.807, 2.05) is 11.8 Å². The molecule has 1 aliphatic rings. The monoisotopic (exact) mass is 188 g/mol. The number of hydrogen-bond donors (Lipinski definition) is 1. The summed E-state index contributed by atoms with van der Waals surface area (Å²) in [6.07, 6.45) is 2.76. The molecule has 70 valence electrons. The quantitative estimate of drug-likeness (QED) is 0.738. The van der Waals surface area contributed by atoms with Crippen LogP contribution in [0.3, 0.4) is 0 Å². The molecule has 0 aromatic rings. The van der Waals surface area contributed by atoms with Crippen LogP contribution < -0.4 is 0 Å². The predicted octanol–water partition coefficient (Wildman–Crippen LogP) is 2.24. The molecule has 3 heteroatoms. The first-order valence-corrected chi connectivity index (χ1v) is 5.65. The fraction of sp³-hybridized carbons (Fsp3) is 0.889. The third-order valence-electron chi connectivity index (χ3n) is 2.57. The molecule has 0 aromatic heterocycles. The van der Waals surface area contributed by atoms with Gasteiger partial charge in [-0.2, -0.15) is 11.8 Å². The van der Waals surface area contributed by atoms with Gasteiger partial charge < -0.3 is 5.11 Å². The Morgan fingerprint density at radius 2 is 2.17 bits per heavy atom. The van der Waals surface area contributed by atoms with Crippen LogP contribution in [0.15, 0.2) is 0 Å². The van der Waals surface area contributed by atoms with Gasteiger partial charge in [0, 0.05) is 6.42 Å². The first-order valence-electron chi connectivity index (χ1n) is 4.49. The summed E-state index contributed by atoms with van der Waals surface area (Å²) in [6.45, 7) is 2.06. The molecule has 0 saturated carbocycles. The summed E-state index contributed by atoms with van der Waals surface area (Å²) >= 11 is 1.99. The van der Waals surface area contributed by atoms with E-state index in [1.54, 1.807) is 0 Å². The maximum atomic E-state index is 10.4. The third-order valence-corrected chi connectivity index (χ3v) is 3.62. The Bertz CT molecular complexity index is 153. The number of hydrogen-bond acceptors (Lipinski definition) is 2. The van der Waals surface area contributed by atoms with Crippen molar-refractivity contribution in [3.63, 3.8) is 0 Å². The summed E-state index contributed by atoms with van der Waals surface area (Å²) < 4.78 is 0. The third kappa shape index (κ3) is 3.05. The number of carboxylic acids is 1. The molecular formula is C9H16O2S. The average molecular weight is 188 g/mol. The Morgan fingerprint density at radius 3 is 2.67 bits per heavy atom. The topological polar surface area (TPSA) is 37.3 Å². The molecule has 1 saturated heterocycles. The van der Waals surface area contributed by atoms with Gasteiger partial charge in [0.2, 0.25) is 0 Å². The zero-order valence-electron chi connectivity index (χ0n) is 7.45. The van der Waals surface area contributed by atoms with E-state index < -0.39 is 5.97 Å². The molecule has 0 aliphatic carbocycles. The largest absolute Gasteiger partial charge is 0.481 e. The molecular weight excluding hydrogens is 172 g/mol. The van der Waals surface area contributed by atoms with Gasteiger partial charge in [0.1, 0.15) is 0 Å². The van der Waals surface area contributed by atoms with Gasteiger partial charge in [0.25, 0.3) is 0 Å². The fourth-order valence-electron chi connectivity index (χ4n) is 1.73. The first-order chi connectivity index (χ1) is 5.70. The van der Waals surface area contributed by atoms with Crippen molar-refractivity contribution in [3.05, 3.63) is 0 Å². The molecule has 1 heterocycles. The van der Waals surface area contributed by atoms with Crippen molar-refractivity contribution in [1.82, 2.24) is 0 Å². The molecule has 1 aliphatic heterocycles. The minimum absolute atomic E-state index is 0.343. The number of carbonyl (C=O) groups is 1. The molecule has 2 nitrogen and oxygen atoms in total. The summed E-state index contributed by atoms with van der Waals surface area (Å²) in [5.41, 5.74) is 0. The molecule has 0 aromatic carbocycles. The van der Waals surface area contributed by atoms with Crippen molar-refractivity contribution < 1.29 is 9.90 Å². The summed E-state index contributed by atoms with van der Waals surface area (Å²) in [5.74, 6) is 2.80. The predicted molar refractivity (Wildman–Crippen MR) is 51.5 cm³/mol. The highest BCUT2D eigenvalue weighted by Gasteiger charge is 2.21. The summed E-state index contributed by atoms with van der Waals surface area (Å²) in [4.78, 5) is 10.4. The van der Waals surface area contributed by atoms with Gasteiger partial charge in [0.15, 0.2) is 0 Å².